The third-order valence-electron chi connectivity index (χ3n) is 10.6. The van der Waals surface area contributed by atoms with Crippen molar-refractivity contribution in [2.75, 3.05) is 0 Å². The largest absolute Gasteiger partial charge is 0.308 e. The first-order chi connectivity index (χ1) is 28.2. The molecule has 10 rings (SSSR count). The Morgan fingerprint density at radius 2 is 1.19 bits per heavy atom. The molecule has 0 bridgehead atoms. The molecule has 0 amide bonds. The highest BCUT2D eigenvalue weighted by molar-refractivity contribution is 7.26. The van der Waals surface area contributed by atoms with Crippen molar-refractivity contribution in [1.29, 1.82) is 0 Å². The molecule has 5 heteroatoms. The highest BCUT2D eigenvalue weighted by Crippen LogP contribution is 2.46. The number of hydrogen-bond acceptors (Lipinski definition) is 2. The predicted molar refractivity (Wildman–Crippen MR) is 244 cm³/mol. The van der Waals surface area contributed by atoms with E-state index in [4.69, 9.17) is 9.98 Å². The molecule has 0 aliphatic carbocycles. The van der Waals surface area contributed by atoms with Gasteiger partial charge in [0.1, 0.15) is 0 Å². The van der Waals surface area contributed by atoms with Crippen molar-refractivity contribution in [3.05, 3.63) is 211 Å². The molecule has 0 aliphatic heterocycles. The van der Waals surface area contributed by atoms with E-state index in [0.717, 1.165) is 39.0 Å². The topological polar surface area (TPSA) is 42.0 Å². The van der Waals surface area contributed by atoms with Crippen LogP contribution in [0.15, 0.2) is 209 Å². The maximum absolute atomic E-state index is 5.21. The zero-order valence-electron chi connectivity index (χ0n) is 31.1. The van der Waals surface area contributed by atoms with Crippen LogP contribution in [0.1, 0.15) is 16.7 Å². The summed E-state index contributed by atoms with van der Waals surface area (Å²) < 4.78 is 4.97. The normalized spacial score (nSPS) is 12.2. The number of thiophene rings is 1. The minimum absolute atomic E-state index is 0.464. The quantitative estimate of drug-likeness (QED) is 0.115. The van der Waals surface area contributed by atoms with Crippen LogP contribution in [0, 0.1) is 0 Å². The summed E-state index contributed by atoms with van der Waals surface area (Å²) in [7, 11) is 0. The average Bonchev–Trinajstić information content (AvgIpc) is 3.84. The van der Waals surface area contributed by atoms with Gasteiger partial charge in [0.05, 0.1) is 22.3 Å². The van der Waals surface area contributed by atoms with Gasteiger partial charge in [0, 0.05) is 43.1 Å². The summed E-state index contributed by atoms with van der Waals surface area (Å²) >= 11 is 1.86. The Balaban J connectivity index is 1.27. The Labute approximate surface area is 335 Å². The van der Waals surface area contributed by atoms with Crippen molar-refractivity contribution >= 4 is 71.7 Å². The van der Waals surface area contributed by atoms with Crippen LogP contribution in [0.2, 0.25) is 0 Å². The SMILES string of the molecule is C=N/C(=N\C(=N/Cc1ccccc1)c1cc(-c2ccccc2)cc(-n2c3ccccc3c3ccc4c(sc5cccc(-c6ccccc6)c54)c32)c1)c1ccccc1. The lowest BCUT2D eigenvalue weighted by atomic mass is 9.99. The highest BCUT2D eigenvalue weighted by atomic mass is 32.1. The van der Waals surface area contributed by atoms with Gasteiger partial charge < -0.3 is 4.57 Å². The summed E-state index contributed by atoms with van der Waals surface area (Å²) in [4.78, 5) is 14.8. The van der Waals surface area contributed by atoms with Gasteiger partial charge in [-0.15, -0.1) is 11.3 Å². The average molecular weight is 749 g/mol. The molecule has 2 aromatic heterocycles. The van der Waals surface area contributed by atoms with E-state index in [9.17, 15) is 0 Å². The monoisotopic (exact) mass is 748 g/mol. The second-order valence-electron chi connectivity index (χ2n) is 14.1. The number of para-hydroxylation sites is 1. The second kappa shape index (κ2) is 14.8. The molecule has 0 unspecified atom stereocenters. The van der Waals surface area contributed by atoms with Crippen LogP contribution in [0.5, 0.6) is 0 Å². The summed E-state index contributed by atoms with van der Waals surface area (Å²) in [5.74, 6) is 1.11. The van der Waals surface area contributed by atoms with Crippen LogP contribution in [-0.4, -0.2) is 23.0 Å². The molecule has 0 radical (unpaired) electrons. The Kier molecular flexibility index (Phi) is 8.90. The van der Waals surface area contributed by atoms with E-state index in [1.807, 2.05) is 59.9 Å². The van der Waals surface area contributed by atoms with Gasteiger partial charge in [-0.1, -0.05) is 164 Å². The maximum atomic E-state index is 5.21. The van der Waals surface area contributed by atoms with Crippen molar-refractivity contribution in [2.45, 2.75) is 6.54 Å². The number of rotatable bonds is 7. The fourth-order valence-corrected chi connectivity index (χ4v) is 9.21. The minimum Gasteiger partial charge on any atom is -0.308 e. The summed E-state index contributed by atoms with van der Waals surface area (Å²) in [6.07, 6.45) is 0. The number of fused-ring (bicyclic) bond motifs is 7. The summed E-state index contributed by atoms with van der Waals surface area (Å²) in [6.45, 7) is 4.39. The molecule has 0 N–H and O–H groups in total. The molecule has 0 fully saturated rings. The van der Waals surface area contributed by atoms with Crippen LogP contribution in [0.4, 0.5) is 0 Å². The number of hydrogen-bond donors (Lipinski definition) is 0. The first kappa shape index (κ1) is 34.3. The summed E-state index contributed by atoms with van der Waals surface area (Å²) in [5, 5.41) is 4.97. The van der Waals surface area contributed by atoms with Crippen molar-refractivity contribution in [2.24, 2.45) is 15.0 Å². The molecule has 8 aromatic carbocycles. The maximum Gasteiger partial charge on any atom is 0.161 e. The first-order valence-corrected chi connectivity index (χ1v) is 19.9. The summed E-state index contributed by atoms with van der Waals surface area (Å²) in [6, 6.07) is 68.4. The van der Waals surface area contributed by atoms with Crippen LogP contribution in [0.25, 0.3) is 69.9 Å². The van der Waals surface area contributed by atoms with E-state index in [0.29, 0.717) is 18.2 Å². The lowest BCUT2D eigenvalue weighted by Gasteiger charge is -2.15. The number of benzene rings is 8. The minimum atomic E-state index is 0.464. The molecule has 10 aromatic rings. The number of aromatic nitrogens is 1. The van der Waals surface area contributed by atoms with Gasteiger partial charge in [-0.25, -0.2) is 9.98 Å². The van der Waals surface area contributed by atoms with Crippen LogP contribution in [0.3, 0.4) is 0 Å². The number of nitrogens with zero attached hydrogens (tertiary/aromatic N) is 4. The zero-order chi connectivity index (χ0) is 38.1. The third-order valence-corrected chi connectivity index (χ3v) is 11.7. The Bertz CT molecular complexity index is 3140. The predicted octanol–water partition coefficient (Wildman–Crippen LogP) is 13.6. The lowest BCUT2D eigenvalue weighted by molar-refractivity contribution is 1.06. The van der Waals surface area contributed by atoms with Crippen LogP contribution in [-0.2, 0) is 6.54 Å². The molecule has 270 valence electrons. The first-order valence-electron chi connectivity index (χ1n) is 19.1. The van der Waals surface area contributed by atoms with Gasteiger partial charge in [0.2, 0.25) is 0 Å². The fourth-order valence-electron chi connectivity index (χ4n) is 7.94. The number of aliphatic imine (C=N–C) groups is 3. The van der Waals surface area contributed by atoms with Crippen molar-refractivity contribution in [3.8, 4) is 27.9 Å². The van der Waals surface area contributed by atoms with Gasteiger partial charge in [0.25, 0.3) is 0 Å². The molecular weight excluding hydrogens is 713 g/mol. The molecule has 4 nitrogen and oxygen atoms in total. The molecule has 0 aliphatic rings. The molecule has 2 heterocycles. The van der Waals surface area contributed by atoms with Crippen molar-refractivity contribution < 1.29 is 0 Å². The van der Waals surface area contributed by atoms with Gasteiger partial charge in [0.15, 0.2) is 11.7 Å². The second-order valence-corrected chi connectivity index (χ2v) is 15.1. The number of amidine groups is 2. The van der Waals surface area contributed by atoms with Gasteiger partial charge >= 0.3 is 0 Å². The molecule has 0 saturated carbocycles. The third kappa shape index (κ3) is 6.34. The molecular formula is C52H36N4S. The highest BCUT2D eigenvalue weighted by Gasteiger charge is 2.21. The summed E-state index contributed by atoms with van der Waals surface area (Å²) in [5.41, 5.74) is 10.9. The van der Waals surface area contributed by atoms with E-state index in [1.165, 1.54) is 47.6 Å². The zero-order valence-corrected chi connectivity index (χ0v) is 31.9. The van der Waals surface area contributed by atoms with E-state index in [-0.39, 0.29) is 0 Å². The van der Waals surface area contributed by atoms with Crippen molar-refractivity contribution in [3.63, 3.8) is 0 Å². The van der Waals surface area contributed by atoms with Gasteiger partial charge in [-0.3, -0.25) is 4.99 Å². The molecule has 0 saturated heterocycles. The van der Waals surface area contributed by atoms with Gasteiger partial charge in [-0.2, -0.15) is 0 Å². The molecule has 0 atom stereocenters. The van der Waals surface area contributed by atoms with E-state index >= 15 is 0 Å². The molecule has 57 heavy (non-hydrogen) atoms. The van der Waals surface area contributed by atoms with E-state index in [1.54, 1.807) is 0 Å². The smallest absolute Gasteiger partial charge is 0.161 e. The van der Waals surface area contributed by atoms with Crippen molar-refractivity contribution in [1.82, 2.24) is 4.57 Å². The Morgan fingerprint density at radius 3 is 1.95 bits per heavy atom. The Hall–Kier alpha value is -7.21. The molecule has 0 spiro atoms. The van der Waals surface area contributed by atoms with E-state index < -0.39 is 0 Å². The van der Waals surface area contributed by atoms with Gasteiger partial charge in [-0.05, 0) is 64.9 Å². The lowest BCUT2D eigenvalue weighted by Crippen LogP contribution is -2.07. The standard InChI is InChI=1S/C52H36N4S/c1-53-51(38-23-12-5-13-24-38)55-52(54-34-35-17-6-2-7-18-35)40-31-39(36-19-8-3-9-20-36)32-41(33-40)56-46-27-15-14-25-43(46)44-29-30-45-48-42(37-21-10-4-11-22-37)26-16-28-47(48)57-50(45)49(44)56/h2-33H,1,34H2/b54-52-,55-51-. The van der Waals surface area contributed by atoms with Crippen LogP contribution < -0.4 is 0 Å². The van der Waals surface area contributed by atoms with Crippen LogP contribution >= 0.6 is 11.3 Å². The van der Waals surface area contributed by atoms with E-state index in [2.05, 4.69) is 162 Å². The Morgan fingerprint density at radius 1 is 0.526 bits per heavy atom. The fraction of sp³-hybridized carbons (Fsp3) is 0.0192.